The van der Waals surface area contributed by atoms with Gasteiger partial charge in [0.05, 0.1) is 0 Å². The summed E-state index contributed by atoms with van der Waals surface area (Å²) in [7, 11) is 0. The predicted octanol–water partition coefficient (Wildman–Crippen LogP) is 4.03. The monoisotopic (exact) mass is 309 g/mol. The van der Waals surface area contributed by atoms with Crippen LogP contribution in [-0.4, -0.2) is 30.8 Å². The lowest BCUT2D eigenvalue weighted by Crippen LogP contribution is -2.37. The van der Waals surface area contributed by atoms with Gasteiger partial charge in [-0.2, -0.15) is 11.8 Å². The van der Waals surface area contributed by atoms with Gasteiger partial charge in [-0.25, -0.2) is 0 Å². The average molecular weight is 309 g/mol. The Morgan fingerprint density at radius 3 is 2.48 bits per heavy atom. The first-order valence-corrected chi connectivity index (χ1v) is 9.04. The third-order valence-corrected chi connectivity index (χ3v) is 6.11. The molecule has 1 aromatic carbocycles. The molecule has 2 rings (SSSR count). The number of fused-ring (bicyclic) bond motifs is 1. The second-order valence-electron chi connectivity index (χ2n) is 5.60. The molecule has 3 nitrogen and oxygen atoms in total. The van der Waals surface area contributed by atoms with Crippen LogP contribution in [0.2, 0.25) is 0 Å². The van der Waals surface area contributed by atoms with Crippen molar-refractivity contribution >= 4 is 11.8 Å². The fourth-order valence-corrected chi connectivity index (χ4v) is 3.45. The largest absolute Gasteiger partial charge is 0.486 e. The first kappa shape index (κ1) is 16.5. The molecule has 1 aliphatic rings. The van der Waals surface area contributed by atoms with Crippen molar-refractivity contribution in [3.8, 4) is 11.5 Å². The standard InChI is InChI=1S/C17H27NO2S/c1-5-17(6-2,21-4)12-18-13(3)14-7-8-15-16(11-14)20-10-9-19-15/h7-8,11,13,18H,5-6,9-10,12H2,1-4H3. The highest BCUT2D eigenvalue weighted by atomic mass is 32.2. The van der Waals surface area contributed by atoms with E-state index in [1.165, 1.54) is 18.4 Å². The summed E-state index contributed by atoms with van der Waals surface area (Å²) in [6.45, 7) is 9.06. The topological polar surface area (TPSA) is 30.5 Å². The highest BCUT2D eigenvalue weighted by molar-refractivity contribution is 8.00. The molecule has 0 bridgehead atoms. The highest BCUT2D eigenvalue weighted by Crippen LogP contribution is 2.34. The molecule has 1 unspecified atom stereocenters. The van der Waals surface area contributed by atoms with E-state index in [0.717, 1.165) is 18.0 Å². The van der Waals surface area contributed by atoms with E-state index >= 15 is 0 Å². The van der Waals surface area contributed by atoms with Gasteiger partial charge in [-0.3, -0.25) is 0 Å². The summed E-state index contributed by atoms with van der Waals surface area (Å²) in [6.07, 6.45) is 4.58. The lowest BCUT2D eigenvalue weighted by atomic mass is 10.0. The molecule has 0 spiro atoms. The van der Waals surface area contributed by atoms with E-state index in [2.05, 4.69) is 44.5 Å². The molecule has 21 heavy (non-hydrogen) atoms. The molecule has 1 aromatic rings. The minimum atomic E-state index is 0.311. The highest BCUT2D eigenvalue weighted by Gasteiger charge is 2.25. The lowest BCUT2D eigenvalue weighted by Gasteiger charge is -2.31. The first-order chi connectivity index (χ1) is 10.1. The normalized spacial score (nSPS) is 15.8. The quantitative estimate of drug-likeness (QED) is 0.824. The number of ether oxygens (including phenoxy) is 2. The van der Waals surface area contributed by atoms with Gasteiger partial charge in [-0.15, -0.1) is 0 Å². The van der Waals surface area contributed by atoms with Crippen molar-refractivity contribution in [1.82, 2.24) is 5.32 Å². The second-order valence-corrected chi connectivity index (χ2v) is 6.87. The molecular weight excluding hydrogens is 282 g/mol. The number of benzene rings is 1. The van der Waals surface area contributed by atoms with Gasteiger partial charge in [0, 0.05) is 17.3 Å². The van der Waals surface area contributed by atoms with Crippen LogP contribution in [0.25, 0.3) is 0 Å². The lowest BCUT2D eigenvalue weighted by molar-refractivity contribution is 0.171. The van der Waals surface area contributed by atoms with E-state index in [9.17, 15) is 0 Å². The fraction of sp³-hybridized carbons (Fsp3) is 0.647. The minimum Gasteiger partial charge on any atom is -0.486 e. The average Bonchev–Trinajstić information content (AvgIpc) is 2.56. The number of rotatable bonds is 7. The maximum absolute atomic E-state index is 5.67. The predicted molar refractivity (Wildman–Crippen MR) is 90.7 cm³/mol. The van der Waals surface area contributed by atoms with E-state index < -0.39 is 0 Å². The molecule has 0 fully saturated rings. The maximum atomic E-state index is 5.67. The molecule has 1 aliphatic heterocycles. The molecule has 0 aliphatic carbocycles. The summed E-state index contributed by atoms with van der Waals surface area (Å²) in [5.41, 5.74) is 1.25. The van der Waals surface area contributed by atoms with E-state index in [1.54, 1.807) is 0 Å². The van der Waals surface area contributed by atoms with E-state index in [4.69, 9.17) is 9.47 Å². The van der Waals surface area contributed by atoms with Crippen molar-refractivity contribution < 1.29 is 9.47 Å². The Labute approximate surface area is 132 Å². The van der Waals surface area contributed by atoms with Crippen LogP contribution >= 0.6 is 11.8 Å². The molecule has 0 amide bonds. The molecule has 0 aromatic heterocycles. The van der Waals surface area contributed by atoms with Crippen molar-refractivity contribution in [3.05, 3.63) is 23.8 Å². The minimum absolute atomic E-state index is 0.311. The summed E-state index contributed by atoms with van der Waals surface area (Å²) in [6, 6.07) is 6.56. The van der Waals surface area contributed by atoms with Crippen LogP contribution in [-0.2, 0) is 0 Å². The van der Waals surface area contributed by atoms with Crippen molar-refractivity contribution in [2.75, 3.05) is 26.0 Å². The molecular formula is C17H27NO2S. The zero-order valence-electron chi connectivity index (χ0n) is 13.6. The second kappa shape index (κ2) is 7.41. The van der Waals surface area contributed by atoms with Gasteiger partial charge in [0.15, 0.2) is 11.5 Å². The Balaban J connectivity index is 2.01. The fourth-order valence-electron chi connectivity index (χ4n) is 2.65. The molecule has 1 heterocycles. The van der Waals surface area contributed by atoms with Crippen LogP contribution in [0, 0.1) is 0 Å². The molecule has 4 heteroatoms. The smallest absolute Gasteiger partial charge is 0.161 e. The summed E-state index contributed by atoms with van der Waals surface area (Å²) in [5, 5.41) is 3.68. The van der Waals surface area contributed by atoms with Crippen LogP contribution in [0.15, 0.2) is 18.2 Å². The Hall–Kier alpha value is -0.870. The third-order valence-electron chi connectivity index (χ3n) is 4.52. The van der Waals surface area contributed by atoms with Gasteiger partial charge in [-0.1, -0.05) is 19.9 Å². The number of nitrogens with one attached hydrogen (secondary N) is 1. The molecule has 1 N–H and O–H groups in total. The van der Waals surface area contributed by atoms with Crippen LogP contribution in [0.5, 0.6) is 11.5 Å². The summed E-state index contributed by atoms with van der Waals surface area (Å²) < 4.78 is 11.6. The molecule has 118 valence electrons. The molecule has 1 atom stereocenters. The number of thioether (sulfide) groups is 1. The Morgan fingerprint density at radius 2 is 1.86 bits per heavy atom. The van der Waals surface area contributed by atoms with Crippen LogP contribution in [0.1, 0.15) is 45.2 Å². The zero-order valence-corrected chi connectivity index (χ0v) is 14.4. The van der Waals surface area contributed by atoms with E-state index in [0.29, 0.717) is 24.0 Å². The number of hydrogen-bond acceptors (Lipinski definition) is 4. The third kappa shape index (κ3) is 3.86. The first-order valence-electron chi connectivity index (χ1n) is 7.82. The van der Waals surface area contributed by atoms with E-state index in [-0.39, 0.29) is 0 Å². The van der Waals surface area contributed by atoms with Gasteiger partial charge in [0.1, 0.15) is 13.2 Å². The molecule has 0 saturated carbocycles. The van der Waals surface area contributed by atoms with Crippen molar-refractivity contribution in [2.45, 2.75) is 44.4 Å². The van der Waals surface area contributed by atoms with Gasteiger partial charge < -0.3 is 14.8 Å². The maximum Gasteiger partial charge on any atom is 0.161 e. The summed E-state index contributed by atoms with van der Waals surface area (Å²) >= 11 is 1.97. The van der Waals surface area contributed by atoms with Crippen molar-refractivity contribution in [1.29, 1.82) is 0 Å². The van der Waals surface area contributed by atoms with Crippen molar-refractivity contribution in [3.63, 3.8) is 0 Å². The van der Waals surface area contributed by atoms with Crippen LogP contribution < -0.4 is 14.8 Å². The van der Waals surface area contributed by atoms with E-state index in [1.807, 2.05) is 17.8 Å². The Morgan fingerprint density at radius 1 is 1.19 bits per heavy atom. The summed E-state index contributed by atoms with van der Waals surface area (Å²) in [5.74, 6) is 1.73. The van der Waals surface area contributed by atoms with Gasteiger partial charge >= 0.3 is 0 Å². The summed E-state index contributed by atoms with van der Waals surface area (Å²) in [4.78, 5) is 0. The van der Waals surface area contributed by atoms with Crippen LogP contribution in [0.4, 0.5) is 0 Å². The molecule has 0 radical (unpaired) electrons. The molecule has 0 saturated heterocycles. The van der Waals surface area contributed by atoms with Crippen LogP contribution in [0.3, 0.4) is 0 Å². The Kier molecular flexibility index (Phi) is 5.82. The van der Waals surface area contributed by atoms with Gasteiger partial charge in [-0.05, 0) is 43.7 Å². The van der Waals surface area contributed by atoms with Crippen molar-refractivity contribution in [2.24, 2.45) is 0 Å². The van der Waals surface area contributed by atoms with Gasteiger partial charge in [0.2, 0.25) is 0 Å². The Bertz CT molecular complexity index is 452. The zero-order chi connectivity index (χ0) is 15.3. The van der Waals surface area contributed by atoms with Gasteiger partial charge in [0.25, 0.3) is 0 Å². The number of hydrogen-bond donors (Lipinski definition) is 1. The SMILES string of the molecule is CCC(CC)(CNC(C)c1ccc2c(c1)OCCO2)SC.